The van der Waals surface area contributed by atoms with Gasteiger partial charge in [0.15, 0.2) is 5.82 Å². The number of anilines is 2. The Labute approximate surface area is 198 Å². The number of alkyl halides is 2. The van der Waals surface area contributed by atoms with E-state index in [-0.39, 0.29) is 17.7 Å². The van der Waals surface area contributed by atoms with E-state index in [1.165, 1.54) is 12.1 Å². The highest BCUT2D eigenvalue weighted by Crippen LogP contribution is 2.39. The molecule has 34 heavy (non-hydrogen) atoms. The lowest BCUT2D eigenvalue weighted by Crippen LogP contribution is -2.40. The molecule has 2 atom stereocenters. The molecule has 0 aliphatic carbocycles. The van der Waals surface area contributed by atoms with Gasteiger partial charge in [0.2, 0.25) is 0 Å². The standard InChI is InChI=1S/C25H31F2N5O2/c1-15(17-7-6-8-18(11-17)25(26,27)24(3,4)33)29-23-21-12-19(32-10-9-20(14-32)34-5)13-28-22(21)16(2)30-31-23/h6-8,11-13,15,20,33H,9-10,14H2,1-5H3,(H,29,31)/t15-,20+/m1/s1. The summed E-state index contributed by atoms with van der Waals surface area (Å²) in [6, 6.07) is 7.78. The second kappa shape index (κ2) is 9.03. The molecule has 0 saturated carbocycles. The van der Waals surface area contributed by atoms with Crippen molar-refractivity contribution in [2.24, 2.45) is 0 Å². The lowest BCUT2D eigenvalue weighted by molar-refractivity contribution is -0.168. The lowest BCUT2D eigenvalue weighted by Gasteiger charge is -2.30. The normalized spacial score (nSPS) is 17.9. The van der Waals surface area contributed by atoms with Gasteiger partial charge in [-0.3, -0.25) is 4.98 Å². The molecule has 3 aromatic rings. The molecule has 2 aromatic heterocycles. The predicted octanol–water partition coefficient (Wildman–Crippen LogP) is 4.59. The van der Waals surface area contributed by atoms with Crippen molar-refractivity contribution < 1.29 is 18.6 Å². The monoisotopic (exact) mass is 471 g/mol. The van der Waals surface area contributed by atoms with Crippen molar-refractivity contribution in [1.82, 2.24) is 15.2 Å². The van der Waals surface area contributed by atoms with E-state index in [4.69, 9.17) is 4.74 Å². The molecule has 0 bridgehead atoms. The Hall–Kier alpha value is -2.91. The van der Waals surface area contributed by atoms with E-state index in [2.05, 4.69) is 25.4 Å². The fraction of sp³-hybridized carbons (Fsp3) is 0.480. The highest BCUT2D eigenvalue weighted by atomic mass is 19.3. The van der Waals surface area contributed by atoms with Crippen LogP contribution in [0.4, 0.5) is 20.3 Å². The Morgan fingerprint density at radius 1 is 1.24 bits per heavy atom. The molecule has 0 spiro atoms. The topological polar surface area (TPSA) is 83.4 Å². The lowest BCUT2D eigenvalue weighted by atomic mass is 9.91. The molecule has 3 heterocycles. The summed E-state index contributed by atoms with van der Waals surface area (Å²) in [5.41, 5.74) is 0.642. The maximum atomic E-state index is 14.7. The zero-order valence-electron chi connectivity index (χ0n) is 20.1. The second-order valence-electron chi connectivity index (χ2n) is 9.44. The number of nitrogens with zero attached hydrogens (tertiary/aromatic N) is 4. The van der Waals surface area contributed by atoms with Gasteiger partial charge in [-0.15, -0.1) is 5.10 Å². The van der Waals surface area contributed by atoms with Gasteiger partial charge in [-0.05, 0) is 51.8 Å². The van der Waals surface area contributed by atoms with E-state index in [1.807, 2.05) is 26.1 Å². The largest absolute Gasteiger partial charge is 0.384 e. The van der Waals surface area contributed by atoms with Gasteiger partial charge in [0.05, 0.1) is 35.2 Å². The predicted molar refractivity (Wildman–Crippen MR) is 128 cm³/mol. The number of nitrogens with one attached hydrogen (secondary N) is 1. The number of rotatable bonds is 7. The minimum absolute atomic E-state index is 0.194. The minimum Gasteiger partial charge on any atom is -0.384 e. The van der Waals surface area contributed by atoms with Gasteiger partial charge in [0.1, 0.15) is 5.60 Å². The van der Waals surface area contributed by atoms with Crippen molar-refractivity contribution in [3.05, 3.63) is 53.3 Å². The molecular weight excluding hydrogens is 440 g/mol. The van der Waals surface area contributed by atoms with E-state index in [0.29, 0.717) is 17.1 Å². The minimum atomic E-state index is -3.40. The van der Waals surface area contributed by atoms with Gasteiger partial charge in [0, 0.05) is 31.1 Å². The summed E-state index contributed by atoms with van der Waals surface area (Å²) < 4.78 is 34.9. The molecule has 9 heteroatoms. The van der Waals surface area contributed by atoms with Gasteiger partial charge in [-0.1, -0.05) is 18.2 Å². The van der Waals surface area contributed by atoms with Crippen molar-refractivity contribution in [2.45, 2.75) is 57.8 Å². The Morgan fingerprint density at radius 3 is 2.68 bits per heavy atom. The highest BCUT2D eigenvalue weighted by molar-refractivity contribution is 5.92. The molecule has 1 saturated heterocycles. The second-order valence-corrected chi connectivity index (χ2v) is 9.44. The van der Waals surface area contributed by atoms with Crippen LogP contribution in [0.5, 0.6) is 0 Å². The van der Waals surface area contributed by atoms with Crippen molar-refractivity contribution in [3.63, 3.8) is 0 Å². The molecule has 1 aromatic carbocycles. The number of fused-ring (bicyclic) bond motifs is 1. The number of methoxy groups -OCH3 is 1. The van der Waals surface area contributed by atoms with Crippen LogP contribution in [0, 0.1) is 6.92 Å². The molecule has 0 radical (unpaired) electrons. The summed E-state index contributed by atoms with van der Waals surface area (Å²) in [5, 5.41) is 22.7. The van der Waals surface area contributed by atoms with E-state index in [0.717, 1.165) is 49.9 Å². The number of aliphatic hydroxyl groups is 1. The molecule has 4 rings (SSSR count). The fourth-order valence-corrected chi connectivity index (χ4v) is 4.23. The summed E-state index contributed by atoms with van der Waals surface area (Å²) in [7, 11) is 1.72. The van der Waals surface area contributed by atoms with Crippen molar-refractivity contribution >= 4 is 22.4 Å². The number of halogens is 2. The number of hydrogen-bond acceptors (Lipinski definition) is 7. The number of ether oxygens (including phenoxy) is 1. The van der Waals surface area contributed by atoms with E-state index < -0.39 is 11.5 Å². The number of aryl methyl sites for hydroxylation is 1. The molecule has 1 fully saturated rings. The Kier molecular flexibility index (Phi) is 6.44. The third-order valence-electron chi connectivity index (χ3n) is 6.49. The van der Waals surface area contributed by atoms with Crippen molar-refractivity contribution in [2.75, 3.05) is 30.4 Å². The van der Waals surface area contributed by atoms with Crippen LogP contribution in [-0.4, -0.2) is 52.2 Å². The van der Waals surface area contributed by atoms with E-state index >= 15 is 0 Å². The number of benzene rings is 1. The SMILES string of the molecule is CO[C@H]1CCN(c2cnc3c(C)nnc(N[C@H](C)c4cccc(C(F)(F)C(C)(C)O)c4)c3c2)C1. The van der Waals surface area contributed by atoms with Crippen molar-refractivity contribution in [1.29, 1.82) is 0 Å². The summed E-state index contributed by atoms with van der Waals surface area (Å²) in [4.78, 5) is 6.87. The van der Waals surface area contributed by atoms with Gasteiger partial charge in [-0.2, -0.15) is 13.9 Å². The highest BCUT2D eigenvalue weighted by Gasteiger charge is 2.47. The molecule has 1 aliphatic rings. The van der Waals surface area contributed by atoms with Crippen LogP contribution in [0.1, 0.15) is 50.1 Å². The third kappa shape index (κ3) is 4.54. The van der Waals surface area contributed by atoms with Crippen LogP contribution >= 0.6 is 0 Å². The van der Waals surface area contributed by atoms with Crippen LogP contribution in [0.2, 0.25) is 0 Å². The Morgan fingerprint density at radius 2 is 2.00 bits per heavy atom. The quantitative estimate of drug-likeness (QED) is 0.521. The first-order valence-electron chi connectivity index (χ1n) is 11.4. The Bertz CT molecular complexity index is 1180. The molecule has 182 valence electrons. The zero-order chi connectivity index (χ0) is 24.7. The molecule has 0 unspecified atom stereocenters. The number of hydrogen-bond donors (Lipinski definition) is 2. The van der Waals surface area contributed by atoms with Crippen LogP contribution in [-0.2, 0) is 10.7 Å². The first kappa shape index (κ1) is 24.2. The summed E-state index contributed by atoms with van der Waals surface area (Å²) >= 11 is 0. The Balaban J connectivity index is 1.65. The van der Waals surface area contributed by atoms with Crippen LogP contribution in [0.3, 0.4) is 0 Å². The van der Waals surface area contributed by atoms with Crippen molar-refractivity contribution in [3.8, 4) is 0 Å². The fourth-order valence-electron chi connectivity index (χ4n) is 4.23. The summed E-state index contributed by atoms with van der Waals surface area (Å²) in [6.07, 6.45) is 2.99. The molecule has 2 N–H and O–H groups in total. The van der Waals surface area contributed by atoms with Gasteiger partial charge >= 0.3 is 5.92 Å². The molecule has 0 amide bonds. The van der Waals surface area contributed by atoms with E-state index in [9.17, 15) is 13.9 Å². The maximum Gasteiger partial charge on any atom is 0.300 e. The first-order chi connectivity index (χ1) is 16.0. The van der Waals surface area contributed by atoms with Gasteiger partial charge in [0.25, 0.3) is 0 Å². The number of pyridine rings is 1. The third-order valence-corrected chi connectivity index (χ3v) is 6.49. The smallest absolute Gasteiger partial charge is 0.300 e. The number of aromatic nitrogens is 3. The summed E-state index contributed by atoms with van der Waals surface area (Å²) in [5.74, 6) is -2.86. The summed E-state index contributed by atoms with van der Waals surface area (Å²) in [6.45, 7) is 7.61. The zero-order valence-corrected chi connectivity index (χ0v) is 20.1. The van der Waals surface area contributed by atoms with Crippen LogP contribution in [0.25, 0.3) is 10.9 Å². The van der Waals surface area contributed by atoms with Gasteiger partial charge in [-0.25, -0.2) is 0 Å². The van der Waals surface area contributed by atoms with Gasteiger partial charge < -0.3 is 20.1 Å². The molecule has 7 nitrogen and oxygen atoms in total. The van der Waals surface area contributed by atoms with Crippen LogP contribution < -0.4 is 10.2 Å². The average molecular weight is 472 g/mol. The van der Waals surface area contributed by atoms with Crippen LogP contribution in [0.15, 0.2) is 36.5 Å². The average Bonchev–Trinajstić information content (AvgIpc) is 3.29. The molecular formula is C25H31F2N5O2. The molecule has 1 aliphatic heterocycles. The maximum absolute atomic E-state index is 14.7. The first-order valence-corrected chi connectivity index (χ1v) is 11.4. The van der Waals surface area contributed by atoms with E-state index in [1.54, 1.807) is 19.2 Å².